The molecule has 1 aromatic carbocycles. The van der Waals surface area contributed by atoms with Crippen LogP contribution in [0.5, 0.6) is 5.75 Å². The van der Waals surface area contributed by atoms with E-state index in [4.69, 9.17) is 4.74 Å². The molecule has 6 heteroatoms. The lowest BCUT2D eigenvalue weighted by Crippen LogP contribution is -2.50. The van der Waals surface area contributed by atoms with Crippen molar-refractivity contribution in [3.05, 3.63) is 29.8 Å². The fourth-order valence-corrected chi connectivity index (χ4v) is 4.02. The quantitative estimate of drug-likeness (QED) is 0.784. The van der Waals surface area contributed by atoms with Crippen LogP contribution in [-0.4, -0.2) is 67.6 Å². The molecule has 0 spiro atoms. The van der Waals surface area contributed by atoms with Crippen LogP contribution in [0.25, 0.3) is 0 Å². The number of ether oxygens (including phenoxy) is 1. The van der Waals surface area contributed by atoms with E-state index in [1.54, 1.807) is 0 Å². The first-order chi connectivity index (χ1) is 12.9. The van der Waals surface area contributed by atoms with Crippen molar-refractivity contribution in [2.24, 2.45) is 5.92 Å². The summed E-state index contributed by atoms with van der Waals surface area (Å²) in [6, 6.07) is 8.56. The predicted molar refractivity (Wildman–Crippen MR) is 116 cm³/mol. The lowest BCUT2D eigenvalue weighted by Gasteiger charge is -2.34. The molecule has 1 atom stereocenters. The van der Waals surface area contributed by atoms with Crippen molar-refractivity contribution in [2.75, 3.05) is 45.9 Å². The zero-order valence-electron chi connectivity index (χ0n) is 17.7. The lowest BCUT2D eigenvalue weighted by molar-refractivity contribution is -0.135. The molecule has 1 amide bonds. The summed E-state index contributed by atoms with van der Waals surface area (Å²) in [6.07, 6.45) is 1.09. The van der Waals surface area contributed by atoms with Crippen LogP contribution in [0.2, 0.25) is 0 Å². The van der Waals surface area contributed by atoms with Crippen LogP contribution in [0.4, 0.5) is 0 Å². The first-order valence-corrected chi connectivity index (χ1v) is 10.4. The number of piperazine rings is 1. The highest BCUT2D eigenvalue weighted by Crippen LogP contribution is 2.30. The molecule has 2 heterocycles. The van der Waals surface area contributed by atoms with Gasteiger partial charge in [-0.3, -0.25) is 9.69 Å². The molecule has 1 N–H and O–H groups in total. The van der Waals surface area contributed by atoms with Gasteiger partial charge in [0.15, 0.2) is 0 Å². The van der Waals surface area contributed by atoms with Gasteiger partial charge in [0.1, 0.15) is 5.75 Å². The second kappa shape index (κ2) is 9.95. The molecule has 28 heavy (non-hydrogen) atoms. The highest BCUT2D eigenvalue weighted by molar-refractivity contribution is 5.87. The Bertz CT molecular complexity index is 627. The summed E-state index contributed by atoms with van der Waals surface area (Å²) in [6.45, 7) is 15.1. The van der Waals surface area contributed by atoms with Crippen molar-refractivity contribution < 1.29 is 9.53 Å². The van der Waals surface area contributed by atoms with Gasteiger partial charge in [-0.1, -0.05) is 26.0 Å². The Morgan fingerprint density at radius 2 is 1.82 bits per heavy atom. The average molecular weight is 410 g/mol. The number of benzene rings is 1. The van der Waals surface area contributed by atoms with Gasteiger partial charge < -0.3 is 15.0 Å². The maximum atomic E-state index is 13.3. The third-order valence-electron chi connectivity index (χ3n) is 5.81. The van der Waals surface area contributed by atoms with Crippen molar-refractivity contribution in [3.8, 4) is 5.75 Å². The minimum atomic E-state index is -0.519. The highest BCUT2D eigenvalue weighted by Gasteiger charge is 2.38. The molecule has 2 saturated heterocycles. The van der Waals surface area contributed by atoms with E-state index < -0.39 is 5.41 Å². The van der Waals surface area contributed by atoms with Gasteiger partial charge in [-0.15, -0.1) is 12.4 Å². The summed E-state index contributed by atoms with van der Waals surface area (Å²) < 4.78 is 5.77. The molecule has 1 unspecified atom stereocenters. The van der Waals surface area contributed by atoms with E-state index in [0.29, 0.717) is 18.6 Å². The van der Waals surface area contributed by atoms with Crippen LogP contribution in [-0.2, 0) is 10.2 Å². The molecule has 0 aliphatic carbocycles. The molecular formula is C22H36ClN3O2. The molecule has 3 rings (SSSR count). The molecule has 0 radical (unpaired) electrons. The van der Waals surface area contributed by atoms with E-state index in [0.717, 1.165) is 57.0 Å². The molecule has 0 aromatic heterocycles. The van der Waals surface area contributed by atoms with Gasteiger partial charge in [-0.25, -0.2) is 0 Å². The third-order valence-corrected chi connectivity index (χ3v) is 5.81. The Kier molecular flexibility index (Phi) is 8.17. The molecule has 2 aliphatic rings. The number of nitrogens with one attached hydrogen (secondary N) is 1. The standard InChI is InChI=1S/C22H35N3O2.ClH/c1-17(2)16-27-20-7-5-18(6-8-20)22(3,4)21(26)25-12-9-19(15-25)24-13-10-23-11-14-24;/h5-8,17,19,23H,9-16H2,1-4H3;1H. The van der Waals surface area contributed by atoms with Gasteiger partial charge in [0.2, 0.25) is 5.91 Å². The number of likely N-dealkylation sites (tertiary alicyclic amines) is 1. The van der Waals surface area contributed by atoms with Crippen LogP contribution in [0.3, 0.4) is 0 Å². The van der Waals surface area contributed by atoms with Gasteiger partial charge >= 0.3 is 0 Å². The summed E-state index contributed by atoms with van der Waals surface area (Å²) in [5, 5.41) is 3.41. The second-order valence-corrected chi connectivity index (χ2v) is 8.83. The van der Waals surface area contributed by atoms with Gasteiger partial charge in [0.25, 0.3) is 0 Å². The second-order valence-electron chi connectivity index (χ2n) is 8.83. The van der Waals surface area contributed by atoms with E-state index >= 15 is 0 Å². The Morgan fingerprint density at radius 1 is 1.18 bits per heavy atom. The van der Waals surface area contributed by atoms with E-state index in [1.165, 1.54) is 0 Å². The van der Waals surface area contributed by atoms with Crippen LogP contribution in [0.1, 0.15) is 39.7 Å². The number of hydrogen-bond acceptors (Lipinski definition) is 4. The maximum absolute atomic E-state index is 13.3. The monoisotopic (exact) mass is 409 g/mol. The van der Waals surface area contributed by atoms with Crippen molar-refractivity contribution in [1.29, 1.82) is 0 Å². The first-order valence-electron chi connectivity index (χ1n) is 10.4. The van der Waals surface area contributed by atoms with E-state index in [-0.39, 0.29) is 18.3 Å². The predicted octanol–water partition coefficient (Wildman–Crippen LogP) is 2.93. The summed E-state index contributed by atoms with van der Waals surface area (Å²) in [5.74, 6) is 1.60. The highest BCUT2D eigenvalue weighted by atomic mass is 35.5. The zero-order chi connectivity index (χ0) is 19.4. The molecule has 0 saturated carbocycles. The topological polar surface area (TPSA) is 44.8 Å². The maximum Gasteiger partial charge on any atom is 0.232 e. The van der Waals surface area contributed by atoms with E-state index in [1.807, 2.05) is 38.1 Å². The lowest BCUT2D eigenvalue weighted by atomic mass is 9.83. The molecule has 0 bridgehead atoms. The number of hydrogen-bond donors (Lipinski definition) is 1. The Balaban J connectivity index is 0.00000280. The smallest absolute Gasteiger partial charge is 0.232 e. The van der Waals surface area contributed by atoms with Crippen molar-refractivity contribution in [2.45, 2.75) is 45.6 Å². The van der Waals surface area contributed by atoms with Gasteiger partial charge in [0, 0.05) is 45.3 Å². The summed E-state index contributed by atoms with van der Waals surface area (Å²) in [4.78, 5) is 17.9. The minimum absolute atomic E-state index is 0. The summed E-state index contributed by atoms with van der Waals surface area (Å²) >= 11 is 0. The number of carbonyl (C=O) groups is 1. The number of nitrogens with zero attached hydrogens (tertiary/aromatic N) is 2. The number of carbonyl (C=O) groups excluding carboxylic acids is 1. The molecule has 158 valence electrons. The Morgan fingerprint density at radius 3 is 2.43 bits per heavy atom. The average Bonchev–Trinajstić information content (AvgIpc) is 3.17. The van der Waals surface area contributed by atoms with Gasteiger partial charge in [0.05, 0.1) is 12.0 Å². The van der Waals surface area contributed by atoms with Crippen LogP contribution in [0.15, 0.2) is 24.3 Å². The van der Waals surface area contributed by atoms with Gasteiger partial charge in [-0.2, -0.15) is 0 Å². The van der Waals surface area contributed by atoms with E-state index in [9.17, 15) is 4.79 Å². The molecule has 2 aliphatic heterocycles. The van der Waals surface area contributed by atoms with Crippen LogP contribution >= 0.6 is 12.4 Å². The number of amides is 1. The SMILES string of the molecule is CC(C)COc1ccc(C(C)(C)C(=O)N2CCC(N3CCNCC3)C2)cc1.Cl. The Hall–Kier alpha value is -1.30. The van der Waals surface area contributed by atoms with Crippen molar-refractivity contribution in [3.63, 3.8) is 0 Å². The minimum Gasteiger partial charge on any atom is -0.493 e. The fourth-order valence-electron chi connectivity index (χ4n) is 4.02. The van der Waals surface area contributed by atoms with Crippen LogP contribution in [0, 0.1) is 5.92 Å². The molecule has 5 nitrogen and oxygen atoms in total. The fraction of sp³-hybridized carbons (Fsp3) is 0.682. The summed E-state index contributed by atoms with van der Waals surface area (Å²) in [7, 11) is 0. The van der Waals surface area contributed by atoms with Crippen molar-refractivity contribution >= 4 is 18.3 Å². The largest absolute Gasteiger partial charge is 0.493 e. The first kappa shape index (κ1) is 23.0. The van der Waals surface area contributed by atoms with Crippen LogP contribution < -0.4 is 10.1 Å². The molecule has 2 fully saturated rings. The molecular weight excluding hydrogens is 374 g/mol. The third kappa shape index (κ3) is 5.40. The van der Waals surface area contributed by atoms with Gasteiger partial charge in [-0.05, 0) is 43.9 Å². The van der Waals surface area contributed by atoms with Crippen molar-refractivity contribution in [1.82, 2.24) is 15.1 Å². The zero-order valence-corrected chi connectivity index (χ0v) is 18.6. The number of halogens is 1. The normalized spacial score (nSPS) is 20.9. The molecule has 1 aromatic rings. The number of rotatable bonds is 6. The Labute approximate surface area is 176 Å². The summed E-state index contributed by atoms with van der Waals surface area (Å²) in [5.41, 5.74) is 0.532. The van der Waals surface area contributed by atoms with E-state index in [2.05, 4.69) is 29.0 Å².